The number of furan rings is 1. The predicted molar refractivity (Wildman–Crippen MR) is 127 cm³/mol. The van der Waals surface area contributed by atoms with E-state index in [1.807, 2.05) is 12.1 Å². The fraction of sp³-hybridized carbons (Fsp3) is 0.375. The number of carbonyl (C=O) groups excluding carboxylic acids is 1. The number of hydrogen-bond donors (Lipinski definition) is 1. The third-order valence-corrected chi connectivity index (χ3v) is 7.29. The Morgan fingerprint density at radius 3 is 2.52 bits per heavy atom. The maximum absolute atomic E-state index is 12.8. The number of nitrogens with zero attached hydrogens (tertiary/aromatic N) is 2. The number of hydrogen-bond acceptors (Lipinski definition) is 5. The van der Waals surface area contributed by atoms with Gasteiger partial charge in [0.2, 0.25) is 0 Å². The molecular formula is C24H28ClN3O2S. The largest absolute Gasteiger partial charge is 0.459 e. The highest BCUT2D eigenvalue weighted by Gasteiger charge is 2.30. The first-order chi connectivity index (χ1) is 15.1. The summed E-state index contributed by atoms with van der Waals surface area (Å²) in [4.78, 5) is 19.0. The van der Waals surface area contributed by atoms with E-state index in [1.165, 1.54) is 16.7 Å². The molecule has 2 aromatic heterocycles. The maximum atomic E-state index is 12.8. The number of halogens is 1. The Morgan fingerprint density at radius 1 is 1.16 bits per heavy atom. The number of likely N-dealkylation sites (N-methyl/N-ethyl adjacent to an activating group) is 1. The molecule has 0 unspecified atom stereocenters. The van der Waals surface area contributed by atoms with Gasteiger partial charge in [-0.2, -0.15) is 0 Å². The van der Waals surface area contributed by atoms with Crippen molar-refractivity contribution in [3.63, 3.8) is 0 Å². The van der Waals surface area contributed by atoms with Crippen LogP contribution >= 0.6 is 22.9 Å². The van der Waals surface area contributed by atoms with Crippen LogP contribution in [0.15, 0.2) is 53.1 Å². The quantitative estimate of drug-likeness (QED) is 0.506. The Kier molecular flexibility index (Phi) is 7.13. The van der Waals surface area contributed by atoms with Crippen LogP contribution in [0.3, 0.4) is 0 Å². The molecule has 1 aliphatic rings. The van der Waals surface area contributed by atoms with Crippen LogP contribution in [0.5, 0.6) is 0 Å². The molecule has 1 amide bonds. The highest BCUT2D eigenvalue weighted by molar-refractivity contribution is 7.16. The molecule has 1 fully saturated rings. The number of nitrogens with one attached hydrogen (secondary N) is 1. The van der Waals surface area contributed by atoms with Gasteiger partial charge < -0.3 is 14.6 Å². The Labute approximate surface area is 192 Å². The van der Waals surface area contributed by atoms with Gasteiger partial charge in [0.15, 0.2) is 5.76 Å². The van der Waals surface area contributed by atoms with Gasteiger partial charge in [0.25, 0.3) is 5.91 Å². The summed E-state index contributed by atoms with van der Waals surface area (Å²) in [6, 6.07) is 13.8. The Morgan fingerprint density at radius 2 is 1.90 bits per heavy atom. The molecule has 31 heavy (non-hydrogen) atoms. The number of amides is 1. The molecule has 0 saturated carbocycles. The van der Waals surface area contributed by atoms with Crippen molar-refractivity contribution in [3.8, 4) is 0 Å². The number of anilines is 1. The molecule has 3 heterocycles. The summed E-state index contributed by atoms with van der Waals surface area (Å²) in [7, 11) is 0. The molecule has 1 aromatic carbocycles. The number of benzene rings is 1. The van der Waals surface area contributed by atoms with Crippen LogP contribution in [-0.2, 0) is 6.42 Å². The summed E-state index contributed by atoms with van der Waals surface area (Å²) in [6.07, 6.45) is 2.44. The first-order valence-corrected chi connectivity index (χ1v) is 12.0. The monoisotopic (exact) mass is 457 g/mol. The van der Waals surface area contributed by atoms with Crippen molar-refractivity contribution >= 4 is 33.8 Å². The molecule has 7 heteroatoms. The summed E-state index contributed by atoms with van der Waals surface area (Å²) in [5.74, 6) is 0.0958. The number of thiophene rings is 1. The van der Waals surface area contributed by atoms with Crippen LogP contribution in [-0.4, -0.2) is 48.4 Å². The Bertz CT molecular complexity index is 993. The minimum Gasteiger partial charge on any atom is -0.459 e. The van der Waals surface area contributed by atoms with Crippen molar-refractivity contribution in [1.82, 2.24) is 9.80 Å². The van der Waals surface area contributed by atoms with Crippen molar-refractivity contribution in [2.45, 2.75) is 26.3 Å². The SMILES string of the molecule is CCc1cc([C@@H](c2ccc(Cl)cc2)N2CCN(CC)CC2)c(NC(=O)c2ccco2)s1. The van der Waals surface area contributed by atoms with Gasteiger partial charge in [-0.3, -0.25) is 9.69 Å². The maximum Gasteiger partial charge on any atom is 0.291 e. The van der Waals surface area contributed by atoms with E-state index in [9.17, 15) is 4.79 Å². The van der Waals surface area contributed by atoms with Crippen molar-refractivity contribution in [1.29, 1.82) is 0 Å². The highest BCUT2D eigenvalue weighted by atomic mass is 35.5. The van der Waals surface area contributed by atoms with E-state index < -0.39 is 0 Å². The first-order valence-electron chi connectivity index (χ1n) is 10.8. The second kappa shape index (κ2) is 10.0. The molecule has 164 valence electrons. The van der Waals surface area contributed by atoms with E-state index in [2.05, 4.69) is 47.2 Å². The van der Waals surface area contributed by atoms with Crippen LogP contribution in [0.1, 0.15) is 46.4 Å². The zero-order valence-electron chi connectivity index (χ0n) is 17.9. The zero-order valence-corrected chi connectivity index (χ0v) is 19.5. The minimum absolute atomic E-state index is 0.0553. The molecule has 0 radical (unpaired) electrons. The number of aryl methyl sites for hydroxylation is 1. The average molecular weight is 458 g/mol. The van der Waals surface area contributed by atoms with Crippen molar-refractivity contribution in [2.75, 3.05) is 38.0 Å². The molecule has 1 aliphatic heterocycles. The van der Waals surface area contributed by atoms with E-state index >= 15 is 0 Å². The fourth-order valence-electron chi connectivity index (χ4n) is 4.08. The Hall–Kier alpha value is -2.12. The summed E-state index contributed by atoms with van der Waals surface area (Å²) in [6.45, 7) is 9.46. The van der Waals surface area contributed by atoms with Crippen LogP contribution < -0.4 is 5.32 Å². The van der Waals surface area contributed by atoms with Crippen LogP contribution in [0.25, 0.3) is 0 Å². The van der Waals surface area contributed by atoms with Gasteiger partial charge >= 0.3 is 0 Å². The molecule has 1 atom stereocenters. The van der Waals surface area contributed by atoms with Crippen LogP contribution in [0, 0.1) is 0 Å². The number of rotatable bonds is 7. The van der Waals surface area contributed by atoms with Gasteiger partial charge in [-0.05, 0) is 48.9 Å². The van der Waals surface area contributed by atoms with E-state index in [0.29, 0.717) is 5.76 Å². The lowest BCUT2D eigenvalue weighted by Gasteiger charge is -2.39. The third kappa shape index (κ3) is 5.04. The summed E-state index contributed by atoms with van der Waals surface area (Å²) in [5, 5.41) is 4.72. The molecule has 0 bridgehead atoms. The van der Waals surface area contributed by atoms with Crippen molar-refractivity contribution in [3.05, 3.63) is 75.5 Å². The standard InChI is InChI=1S/C24H28ClN3O2S/c1-3-19-16-20(24(31-19)26-23(29)21-6-5-15-30-21)22(17-7-9-18(25)10-8-17)28-13-11-27(4-2)12-14-28/h5-10,15-16,22H,3-4,11-14H2,1-2H3,(H,26,29)/t22-/m1/s1. The van der Waals surface area contributed by atoms with E-state index in [4.69, 9.17) is 16.0 Å². The topological polar surface area (TPSA) is 48.7 Å². The minimum atomic E-state index is -0.221. The second-order valence-electron chi connectivity index (χ2n) is 7.71. The fourth-order valence-corrected chi connectivity index (χ4v) is 5.23. The van der Waals surface area contributed by atoms with Crippen molar-refractivity contribution < 1.29 is 9.21 Å². The van der Waals surface area contributed by atoms with Crippen LogP contribution in [0.4, 0.5) is 5.00 Å². The van der Waals surface area contributed by atoms with Gasteiger partial charge in [0.1, 0.15) is 5.00 Å². The molecular weight excluding hydrogens is 430 g/mol. The lowest BCUT2D eigenvalue weighted by atomic mass is 9.97. The lowest BCUT2D eigenvalue weighted by Crippen LogP contribution is -2.47. The molecule has 5 nitrogen and oxygen atoms in total. The van der Waals surface area contributed by atoms with Crippen molar-refractivity contribution in [2.24, 2.45) is 0 Å². The molecule has 4 rings (SSSR count). The van der Waals surface area contributed by atoms with E-state index in [-0.39, 0.29) is 11.9 Å². The summed E-state index contributed by atoms with van der Waals surface area (Å²) >= 11 is 7.83. The molecule has 1 N–H and O–H groups in total. The van der Waals surface area contributed by atoms with Gasteiger partial charge in [0, 0.05) is 41.6 Å². The number of piperazine rings is 1. The average Bonchev–Trinajstić information content (AvgIpc) is 3.46. The lowest BCUT2D eigenvalue weighted by molar-refractivity contribution is 0.0995. The predicted octanol–water partition coefficient (Wildman–Crippen LogP) is 5.54. The van der Waals surface area contributed by atoms with E-state index in [1.54, 1.807) is 23.5 Å². The Balaban J connectivity index is 1.71. The molecule has 0 spiro atoms. The van der Waals surface area contributed by atoms with Gasteiger partial charge in [-0.25, -0.2) is 0 Å². The molecule has 1 saturated heterocycles. The van der Waals surface area contributed by atoms with Gasteiger partial charge in [-0.15, -0.1) is 11.3 Å². The highest BCUT2D eigenvalue weighted by Crippen LogP contribution is 2.40. The first kappa shape index (κ1) is 22.1. The summed E-state index contributed by atoms with van der Waals surface area (Å²) < 4.78 is 5.30. The zero-order chi connectivity index (χ0) is 21.8. The van der Waals surface area contributed by atoms with Gasteiger partial charge in [-0.1, -0.05) is 37.6 Å². The number of carbonyl (C=O) groups is 1. The normalized spacial score (nSPS) is 16.4. The third-order valence-electron chi connectivity index (χ3n) is 5.83. The van der Waals surface area contributed by atoms with E-state index in [0.717, 1.165) is 54.7 Å². The summed E-state index contributed by atoms with van der Waals surface area (Å²) in [5.41, 5.74) is 2.32. The smallest absolute Gasteiger partial charge is 0.291 e. The van der Waals surface area contributed by atoms with Gasteiger partial charge in [0.05, 0.1) is 12.3 Å². The molecule has 0 aliphatic carbocycles. The molecule has 3 aromatic rings. The second-order valence-corrected chi connectivity index (χ2v) is 9.28. The van der Waals surface area contributed by atoms with Crippen LogP contribution in [0.2, 0.25) is 5.02 Å².